The number of unbranched alkanes of at least 4 members (excludes halogenated alkanes) is 1. The van der Waals surface area contributed by atoms with E-state index in [9.17, 15) is 18.7 Å². The molecule has 1 amide bonds. The Labute approximate surface area is 215 Å². The van der Waals surface area contributed by atoms with Crippen molar-refractivity contribution >= 4 is 6.09 Å². The number of aliphatic hydroxyl groups is 1. The third-order valence-corrected chi connectivity index (χ3v) is 5.44. The van der Waals surface area contributed by atoms with Crippen molar-refractivity contribution in [3.8, 4) is 17.6 Å². The van der Waals surface area contributed by atoms with E-state index < -0.39 is 47.1 Å². The number of nitriles is 1. The SMILES string of the molecule is CCCCOC(=O)NNCC(O)(c1ccc(F)cc1F)C(F)(F)c1ccc(Oc2ccc(C#N)cc2)cn1. The molecule has 0 radical (unpaired) electrons. The predicted octanol–water partition coefficient (Wildman–Crippen LogP) is 5.03. The highest BCUT2D eigenvalue weighted by Gasteiger charge is 2.57. The first-order valence-corrected chi connectivity index (χ1v) is 11.5. The van der Waals surface area contributed by atoms with E-state index in [1.807, 2.05) is 18.4 Å². The Morgan fingerprint density at radius 3 is 2.42 bits per heavy atom. The highest BCUT2D eigenvalue weighted by molar-refractivity contribution is 5.66. The van der Waals surface area contributed by atoms with Gasteiger partial charge in [0, 0.05) is 11.6 Å². The molecule has 8 nitrogen and oxygen atoms in total. The van der Waals surface area contributed by atoms with E-state index in [-0.39, 0.29) is 12.4 Å². The van der Waals surface area contributed by atoms with Crippen molar-refractivity contribution in [2.24, 2.45) is 0 Å². The number of carbonyl (C=O) groups is 1. The lowest BCUT2D eigenvalue weighted by Gasteiger charge is -2.36. The first-order valence-electron chi connectivity index (χ1n) is 11.5. The molecule has 0 spiro atoms. The predicted molar refractivity (Wildman–Crippen MR) is 127 cm³/mol. The van der Waals surface area contributed by atoms with Gasteiger partial charge in [0.2, 0.25) is 0 Å². The number of ether oxygens (including phenoxy) is 2. The van der Waals surface area contributed by atoms with Crippen molar-refractivity contribution < 1.29 is 36.9 Å². The summed E-state index contributed by atoms with van der Waals surface area (Å²) in [6.07, 6.45) is 1.30. The van der Waals surface area contributed by atoms with Crippen molar-refractivity contribution in [1.82, 2.24) is 15.8 Å². The summed E-state index contributed by atoms with van der Waals surface area (Å²) in [6, 6.07) is 11.7. The minimum absolute atomic E-state index is 0.0698. The summed E-state index contributed by atoms with van der Waals surface area (Å²) in [5.74, 6) is -6.33. The first-order chi connectivity index (χ1) is 18.1. The molecule has 12 heteroatoms. The lowest BCUT2D eigenvalue weighted by molar-refractivity contribution is -0.197. The monoisotopic (exact) mass is 532 g/mol. The summed E-state index contributed by atoms with van der Waals surface area (Å²) in [5, 5.41) is 20.0. The minimum atomic E-state index is -4.25. The molecule has 200 valence electrons. The van der Waals surface area contributed by atoms with E-state index in [0.29, 0.717) is 35.9 Å². The third-order valence-electron chi connectivity index (χ3n) is 5.44. The number of nitrogens with zero attached hydrogens (tertiary/aromatic N) is 2. The molecule has 0 fully saturated rings. The Balaban J connectivity index is 1.85. The molecule has 38 heavy (non-hydrogen) atoms. The molecule has 1 aromatic heterocycles. The molecule has 0 bridgehead atoms. The molecule has 0 saturated heterocycles. The van der Waals surface area contributed by atoms with Crippen molar-refractivity contribution in [2.75, 3.05) is 13.2 Å². The Hall–Kier alpha value is -4.21. The van der Waals surface area contributed by atoms with Gasteiger partial charge in [-0.25, -0.2) is 19.0 Å². The van der Waals surface area contributed by atoms with Crippen molar-refractivity contribution in [3.05, 3.63) is 89.2 Å². The topological polar surface area (TPSA) is 117 Å². The van der Waals surface area contributed by atoms with Crippen LogP contribution in [0.3, 0.4) is 0 Å². The first kappa shape index (κ1) is 28.4. The maximum absolute atomic E-state index is 15.8. The van der Waals surface area contributed by atoms with Crippen LogP contribution in [-0.2, 0) is 16.3 Å². The fourth-order valence-electron chi connectivity index (χ4n) is 3.36. The van der Waals surface area contributed by atoms with Crippen LogP contribution < -0.4 is 15.6 Å². The van der Waals surface area contributed by atoms with E-state index in [0.717, 1.165) is 24.8 Å². The zero-order valence-electron chi connectivity index (χ0n) is 20.2. The molecular formula is C26H24F4N4O4. The lowest BCUT2D eigenvalue weighted by Crippen LogP contribution is -2.54. The number of hydrogen-bond donors (Lipinski definition) is 3. The van der Waals surface area contributed by atoms with Gasteiger partial charge in [-0.1, -0.05) is 19.4 Å². The molecule has 3 aromatic rings. The van der Waals surface area contributed by atoms with Crippen LogP contribution in [0.5, 0.6) is 11.5 Å². The van der Waals surface area contributed by atoms with Gasteiger partial charge >= 0.3 is 12.0 Å². The Morgan fingerprint density at radius 1 is 1.11 bits per heavy atom. The van der Waals surface area contributed by atoms with Crippen LogP contribution in [0.15, 0.2) is 60.8 Å². The highest BCUT2D eigenvalue weighted by Crippen LogP contribution is 2.45. The second-order valence-corrected chi connectivity index (χ2v) is 8.14. The Bertz CT molecular complexity index is 1280. The molecule has 1 heterocycles. The fourth-order valence-corrected chi connectivity index (χ4v) is 3.36. The van der Waals surface area contributed by atoms with Crippen molar-refractivity contribution in [3.63, 3.8) is 0 Å². The minimum Gasteiger partial charge on any atom is -0.456 e. The molecule has 0 aliphatic heterocycles. The van der Waals surface area contributed by atoms with Crippen LogP contribution in [0.25, 0.3) is 0 Å². The van der Waals surface area contributed by atoms with Gasteiger partial charge in [-0.05, 0) is 48.9 Å². The summed E-state index contributed by atoms with van der Waals surface area (Å²) in [5.41, 5.74) is -0.683. The van der Waals surface area contributed by atoms with E-state index >= 15 is 8.78 Å². The van der Waals surface area contributed by atoms with Crippen LogP contribution in [0.2, 0.25) is 0 Å². The number of benzene rings is 2. The number of alkyl halides is 2. The summed E-state index contributed by atoms with van der Waals surface area (Å²) in [7, 11) is 0. The van der Waals surface area contributed by atoms with Crippen LogP contribution >= 0.6 is 0 Å². The second-order valence-electron chi connectivity index (χ2n) is 8.14. The van der Waals surface area contributed by atoms with Crippen molar-refractivity contribution in [2.45, 2.75) is 31.3 Å². The molecule has 0 aliphatic carbocycles. The fraction of sp³-hybridized carbons (Fsp3) is 0.269. The van der Waals surface area contributed by atoms with E-state index in [1.165, 1.54) is 24.3 Å². The number of pyridine rings is 1. The number of amides is 1. The highest BCUT2D eigenvalue weighted by atomic mass is 19.3. The number of carbonyl (C=O) groups excluding carboxylic acids is 1. The summed E-state index contributed by atoms with van der Waals surface area (Å²) >= 11 is 0. The largest absolute Gasteiger partial charge is 0.456 e. The number of hydrogen-bond acceptors (Lipinski definition) is 7. The maximum Gasteiger partial charge on any atom is 0.421 e. The van der Waals surface area contributed by atoms with Gasteiger partial charge < -0.3 is 14.6 Å². The normalized spacial score (nSPS) is 12.8. The number of aromatic nitrogens is 1. The van der Waals surface area contributed by atoms with Crippen molar-refractivity contribution in [1.29, 1.82) is 5.26 Å². The number of hydrazine groups is 1. The lowest BCUT2D eigenvalue weighted by atomic mass is 9.84. The van der Waals surface area contributed by atoms with Crippen LogP contribution in [-0.4, -0.2) is 29.3 Å². The molecule has 0 aliphatic rings. The van der Waals surface area contributed by atoms with Gasteiger partial charge in [-0.3, -0.25) is 10.4 Å². The van der Waals surface area contributed by atoms with Gasteiger partial charge in [0.25, 0.3) is 0 Å². The average molecular weight is 532 g/mol. The molecule has 1 unspecified atom stereocenters. The summed E-state index contributed by atoms with van der Waals surface area (Å²) in [4.78, 5) is 15.5. The Kier molecular flexibility index (Phi) is 9.22. The van der Waals surface area contributed by atoms with Crippen LogP contribution in [0, 0.1) is 23.0 Å². The molecule has 1 atom stereocenters. The summed E-state index contributed by atoms with van der Waals surface area (Å²) in [6.45, 7) is 0.854. The second kappa shape index (κ2) is 12.4. The molecule has 3 N–H and O–H groups in total. The number of nitrogens with one attached hydrogen (secondary N) is 2. The quantitative estimate of drug-likeness (QED) is 0.180. The molecule has 2 aromatic carbocycles. The van der Waals surface area contributed by atoms with E-state index in [1.54, 1.807) is 0 Å². The van der Waals surface area contributed by atoms with Gasteiger partial charge in [-0.2, -0.15) is 14.0 Å². The molecule has 3 rings (SSSR count). The standard InChI is InChI=1S/C26H24F4N4O4/c1-2-3-12-37-24(35)34-33-16-25(36,21-10-6-18(27)13-22(21)28)26(29,30)23-11-9-20(15-32-23)38-19-7-4-17(14-31)5-8-19/h4-11,13,15,33,36H,2-3,12,16H2,1H3,(H,34,35). The van der Waals surface area contributed by atoms with Gasteiger partial charge in [0.1, 0.15) is 28.8 Å². The van der Waals surface area contributed by atoms with E-state index in [4.69, 9.17) is 14.7 Å². The molecule has 0 saturated carbocycles. The number of halogens is 4. The smallest absolute Gasteiger partial charge is 0.421 e. The Morgan fingerprint density at radius 2 is 1.82 bits per heavy atom. The number of rotatable bonds is 11. The van der Waals surface area contributed by atoms with Gasteiger partial charge in [-0.15, -0.1) is 0 Å². The zero-order chi connectivity index (χ0) is 27.8. The third kappa shape index (κ3) is 6.56. The zero-order valence-corrected chi connectivity index (χ0v) is 20.2. The average Bonchev–Trinajstić information content (AvgIpc) is 2.89. The van der Waals surface area contributed by atoms with E-state index in [2.05, 4.69) is 10.4 Å². The van der Waals surface area contributed by atoms with Gasteiger partial charge in [0.15, 0.2) is 5.60 Å². The summed E-state index contributed by atoms with van der Waals surface area (Å²) < 4.78 is 70.0. The van der Waals surface area contributed by atoms with Crippen LogP contribution in [0.4, 0.5) is 22.4 Å². The maximum atomic E-state index is 15.8. The van der Waals surface area contributed by atoms with Gasteiger partial charge in [0.05, 0.1) is 31.0 Å². The molecular weight excluding hydrogens is 508 g/mol. The van der Waals surface area contributed by atoms with Crippen LogP contribution in [0.1, 0.15) is 36.6 Å².